The summed E-state index contributed by atoms with van der Waals surface area (Å²) in [4.78, 5) is 27.1. The van der Waals surface area contributed by atoms with Crippen molar-refractivity contribution in [2.24, 2.45) is 0 Å². The third kappa shape index (κ3) is 4.16. The van der Waals surface area contributed by atoms with Gasteiger partial charge in [0, 0.05) is 23.0 Å². The zero-order valence-electron chi connectivity index (χ0n) is 15.0. The van der Waals surface area contributed by atoms with Gasteiger partial charge in [0.05, 0.1) is 11.9 Å². The van der Waals surface area contributed by atoms with Crippen LogP contribution >= 0.6 is 0 Å². The average molecular weight is 418 g/mol. The van der Waals surface area contributed by atoms with Gasteiger partial charge in [-0.2, -0.15) is 13.2 Å². The predicted molar refractivity (Wildman–Crippen MR) is 99.8 cm³/mol. The van der Waals surface area contributed by atoms with E-state index >= 15 is 0 Å². The summed E-state index contributed by atoms with van der Waals surface area (Å²) >= 11 is 0. The minimum absolute atomic E-state index is 0.128. The number of pyridine rings is 1. The number of fused-ring (bicyclic) bond motifs is 1. The van der Waals surface area contributed by atoms with Gasteiger partial charge in [0.1, 0.15) is 12.2 Å². The lowest BCUT2D eigenvalue weighted by Gasteiger charge is -2.10. The smallest absolute Gasteiger partial charge is 0.388 e. The van der Waals surface area contributed by atoms with E-state index in [9.17, 15) is 22.8 Å². The van der Waals surface area contributed by atoms with Gasteiger partial charge in [-0.1, -0.05) is 12.1 Å². The van der Waals surface area contributed by atoms with Crippen LogP contribution in [0.5, 0.6) is 0 Å². The van der Waals surface area contributed by atoms with Crippen molar-refractivity contribution < 1.29 is 22.4 Å². The largest absolute Gasteiger partial charge is 0.434 e. The molecule has 0 saturated carbocycles. The summed E-state index contributed by atoms with van der Waals surface area (Å²) in [5, 5.41) is 10.1. The molecule has 0 radical (unpaired) electrons. The number of nitrogens with zero attached hydrogens (tertiary/aromatic N) is 3. The molecule has 4 aromatic rings. The normalized spacial score (nSPS) is 11.6. The maximum absolute atomic E-state index is 12.2. The fraction of sp³-hybridized carbons (Fsp3) is 0.111. The summed E-state index contributed by atoms with van der Waals surface area (Å²) in [5.41, 5.74) is 2.77. The van der Waals surface area contributed by atoms with E-state index in [2.05, 4.69) is 20.5 Å². The second kappa shape index (κ2) is 7.39. The monoisotopic (exact) mass is 418 g/mol. The molecule has 9 nitrogen and oxygen atoms in total. The quantitative estimate of drug-likeness (QED) is 0.471. The number of alkyl halides is 3. The van der Waals surface area contributed by atoms with Gasteiger partial charge in [-0.15, -0.1) is 5.10 Å². The van der Waals surface area contributed by atoms with E-state index in [4.69, 9.17) is 4.42 Å². The number of amides is 2. The summed E-state index contributed by atoms with van der Waals surface area (Å²) in [7, 11) is 0. The molecular formula is C18H13F3N6O3. The first-order chi connectivity index (χ1) is 14.3. The van der Waals surface area contributed by atoms with Crippen LogP contribution in [0.2, 0.25) is 0 Å². The van der Waals surface area contributed by atoms with Crippen LogP contribution in [0.15, 0.2) is 58.0 Å². The minimum Gasteiger partial charge on any atom is -0.388 e. The van der Waals surface area contributed by atoms with Gasteiger partial charge in [-0.3, -0.25) is 4.40 Å². The van der Waals surface area contributed by atoms with Gasteiger partial charge in [-0.25, -0.2) is 19.7 Å². The molecular weight excluding hydrogens is 405 g/mol. The van der Waals surface area contributed by atoms with Crippen LogP contribution < -0.4 is 16.4 Å². The maximum Gasteiger partial charge on any atom is 0.434 e. The maximum atomic E-state index is 12.2. The lowest BCUT2D eigenvalue weighted by Crippen LogP contribution is -2.36. The molecule has 0 saturated heterocycles. The molecule has 0 aliphatic heterocycles. The molecule has 0 aliphatic carbocycles. The molecule has 0 aliphatic rings. The molecule has 30 heavy (non-hydrogen) atoms. The van der Waals surface area contributed by atoms with Crippen molar-refractivity contribution in [3.63, 3.8) is 0 Å². The van der Waals surface area contributed by atoms with E-state index in [1.807, 2.05) is 0 Å². The number of aromatic amines is 1. The van der Waals surface area contributed by atoms with Crippen LogP contribution in [0.25, 0.3) is 28.4 Å². The number of hydrogen-bond acceptors (Lipinski definition) is 5. The zero-order valence-corrected chi connectivity index (χ0v) is 15.0. The molecule has 3 N–H and O–H groups in total. The van der Waals surface area contributed by atoms with E-state index in [1.54, 1.807) is 58.5 Å². The van der Waals surface area contributed by atoms with Crippen molar-refractivity contribution >= 4 is 17.4 Å². The Morgan fingerprint density at radius 1 is 1.20 bits per heavy atom. The first-order valence-electron chi connectivity index (χ1n) is 8.53. The summed E-state index contributed by atoms with van der Waals surface area (Å²) in [6.45, 7) is -1.43. The van der Waals surface area contributed by atoms with E-state index < -0.39 is 24.5 Å². The summed E-state index contributed by atoms with van der Waals surface area (Å²) < 4.78 is 43.3. The topological polar surface area (TPSA) is 117 Å². The fourth-order valence-corrected chi connectivity index (χ4v) is 2.79. The van der Waals surface area contributed by atoms with Crippen LogP contribution in [0.1, 0.15) is 0 Å². The van der Waals surface area contributed by atoms with E-state index in [1.165, 1.54) is 0 Å². The lowest BCUT2D eigenvalue weighted by molar-refractivity contribution is -0.122. The summed E-state index contributed by atoms with van der Waals surface area (Å²) in [6, 6.07) is 8.98. The first-order valence-corrected chi connectivity index (χ1v) is 8.53. The van der Waals surface area contributed by atoms with E-state index in [0.717, 1.165) is 0 Å². The standard InChI is InChI=1S/C18H13F3N6O3/c19-18(20,21)9-23-16(28)24-12-3-1-2-10(6-12)13-8-22-14-7-11(4-5-27(13)14)15-25-26-17(29)30-15/h1-8H,9H2,(H,26,29)(H2,23,24,28). The Balaban J connectivity index is 1.57. The molecule has 0 fully saturated rings. The fourth-order valence-electron chi connectivity index (χ4n) is 2.79. The average Bonchev–Trinajstić information content (AvgIpc) is 3.32. The Labute approximate surface area is 165 Å². The third-order valence-corrected chi connectivity index (χ3v) is 4.06. The number of urea groups is 1. The molecule has 0 spiro atoms. The molecule has 0 unspecified atom stereocenters. The van der Waals surface area contributed by atoms with Crippen LogP contribution in [-0.2, 0) is 0 Å². The van der Waals surface area contributed by atoms with Gasteiger partial charge in [-0.05, 0) is 24.3 Å². The Kier molecular flexibility index (Phi) is 4.74. The Morgan fingerprint density at radius 2 is 2.03 bits per heavy atom. The predicted octanol–water partition coefficient (Wildman–Crippen LogP) is 3.03. The second-order valence-electron chi connectivity index (χ2n) is 6.21. The van der Waals surface area contributed by atoms with Gasteiger partial charge < -0.3 is 15.1 Å². The summed E-state index contributed by atoms with van der Waals surface area (Å²) in [6.07, 6.45) is -1.19. The molecule has 1 aromatic carbocycles. The molecule has 154 valence electrons. The SMILES string of the molecule is O=C(NCC(F)(F)F)Nc1cccc(-c2cnc3cc(-c4n[nH]c(=O)o4)ccn23)c1. The van der Waals surface area contributed by atoms with Gasteiger partial charge >= 0.3 is 18.0 Å². The highest BCUT2D eigenvalue weighted by molar-refractivity contribution is 5.90. The molecule has 2 amide bonds. The van der Waals surface area contributed by atoms with Crippen LogP contribution in [-0.4, -0.2) is 38.3 Å². The van der Waals surface area contributed by atoms with Crippen LogP contribution in [0, 0.1) is 0 Å². The van der Waals surface area contributed by atoms with Gasteiger partial charge in [0.15, 0.2) is 0 Å². The Hall–Kier alpha value is -4.09. The highest BCUT2D eigenvalue weighted by Gasteiger charge is 2.27. The van der Waals surface area contributed by atoms with Crippen molar-refractivity contribution in [2.45, 2.75) is 6.18 Å². The Morgan fingerprint density at radius 3 is 2.77 bits per heavy atom. The number of benzene rings is 1. The number of halogens is 3. The molecule has 3 aromatic heterocycles. The molecule has 0 atom stereocenters. The van der Waals surface area contributed by atoms with Crippen molar-refractivity contribution in [1.29, 1.82) is 0 Å². The van der Waals surface area contributed by atoms with Crippen molar-refractivity contribution in [1.82, 2.24) is 24.9 Å². The van der Waals surface area contributed by atoms with Crippen molar-refractivity contribution in [3.8, 4) is 22.7 Å². The lowest BCUT2D eigenvalue weighted by atomic mass is 10.1. The summed E-state index contributed by atoms with van der Waals surface area (Å²) in [5.74, 6) is -0.541. The number of aromatic nitrogens is 4. The minimum atomic E-state index is -4.49. The van der Waals surface area contributed by atoms with Crippen LogP contribution in [0.3, 0.4) is 0 Å². The number of rotatable bonds is 4. The number of nitrogens with one attached hydrogen (secondary N) is 3. The van der Waals surface area contributed by atoms with E-state index in [0.29, 0.717) is 28.2 Å². The third-order valence-electron chi connectivity index (χ3n) is 4.06. The second-order valence-corrected chi connectivity index (χ2v) is 6.21. The number of carbonyl (C=O) groups excluding carboxylic acids is 1. The van der Waals surface area contributed by atoms with Crippen molar-refractivity contribution in [3.05, 3.63) is 59.3 Å². The Bertz CT molecular complexity index is 1270. The number of H-pyrrole nitrogens is 1. The van der Waals surface area contributed by atoms with Crippen molar-refractivity contribution in [2.75, 3.05) is 11.9 Å². The zero-order chi connectivity index (χ0) is 21.3. The van der Waals surface area contributed by atoms with Gasteiger partial charge in [0.2, 0.25) is 5.89 Å². The molecule has 0 bridgehead atoms. The first kappa shape index (κ1) is 19.2. The van der Waals surface area contributed by atoms with Gasteiger partial charge in [0.25, 0.3) is 0 Å². The highest BCUT2D eigenvalue weighted by Crippen LogP contribution is 2.26. The van der Waals surface area contributed by atoms with E-state index in [-0.39, 0.29) is 5.89 Å². The number of anilines is 1. The van der Waals surface area contributed by atoms with Crippen LogP contribution in [0.4, 0.5) is 23.7 Å². The number of carbonyl (C=O) groups is 1. The highest BCUT2D eigenvalue weighted by atomic mass is 19.4. The molecule has 3 heterocycles. The molecule has 12 heteroatoms. The molecule has 4 rings (SSSR count). The number of imidazole rings is 1. The number of hydrogen-bond donors (Lipinski definition) is 3.